The maximum Gasteiger partial charge on any atom is 0.330 e. The highest BCUT2D eigenvalue weighted by molar-refractivity contribution is 5.87. The van der Waals surface area contributed by atoms with Crippen LogP contribution in [-0.2, 0) is 22.4 Å². The van der Waals surface area contributed by atoms with Crippen LogP contribution < -0.4 is 0 Å². The fourth-order valence-electron chi connectivity index (χ4n) is 4.81. The third-order valence-corrected chi connectivity index (χ3v) is 6.38. The molecule has 0 spiro atoms. The molecule has 1 atom stereocenters. The first kappa shape index (κ1) is 22.2. The van der Waals surface area contributed by atoms with E-state index in [1.807, 2.05) is 13.0 Å². The lowest BCUT2D eigenvalue weighted by Crippen LogP contribution is -2.32. The summed E-state index contributed by atoms with van der Waals surface area (Å²) in [6, 6.07) is 11.4. The lowest BCUT2D eigenvalue weighted by atomic mass is 10.0. The van der Waals surface area contributed by atoms with E-state index in [1.54, 1.807) is 18.2 Å². The van der Waals surface area contributed by atoms with E-state index in [0.717, 1.165) is 53.5 Å². The number of esters is 1. The molecule has 32 heavy (non-hydrogen) atoms. The van der Waals surface area contributed by atoms with Gasteiger partial charge < -0.3 is 14.8 Å². The van der Waals surface area contributed by atoms with Crippen LogP contribution in [-0.4, -0.2) is 47.8 Å². The highest BCUT2D eigenvalue weighted by atomic mass is 19.1. The molecule has 3 aromatic rings. The molecule has 168 valence electrons. The second kappa shape index (κ2) is 9.67. The van der Waals surface area contributed by atoms with Crippen LogP contribution in [0.15, 0.2) is 42.5 Å². The van der Waals surface area contributed by atoms with Crippen LogP contribution in [0.4, 0.5) is 4.39 Å². The number of carbonyl (C=O) groups is 1. The number of rotatable bonds is 8. The van der Waals surface area contributed by atoms with Crippen molar-refractivity contribution in [1.82, 2.24) is 9.88 Å². The van der Waals surface area contributed by atoms with E-state index in [-0.39, 0.29) is 24.4 Å². The normalized spacial score (nSPS) is 15.7. The van der Waals surface area contributed by atoms with E-state index in [1.165, 1.54) is 30.4 Å². The summed E-state index contributed by atoms with van der Waals surface area (Å²) >= 11 is 0. The first-order valence-corrected chi connectivity index (χ1v) is 11.0. The van der Waals surface area contributed by atoms with Gasteiger partial charge in [0.25, 0.3) is 0 Å². The van der Waals surface area contributed by atoms with Gasteiger partial charge in [0.15, 0.2) is 0 Å². The number of aromatic nitrogens is 1. The summed E-state index contributed by atoms with van der Waals surface area (Å²) in [4.78, 5) is 17.0. The lowest BCUT2D eigenvalue weighted by Gasteiger charge is -2.29. The molecule has 1 aliphatic rings. The van der Waals surface area contributed by atoms with E-state index in [4.69, 9.17) is 0 Å². The minimum absolute atomic E-state index is 0.0906. The maximum absolute atomic E-state index is 13.8. The van der Waals surface area contributed by atoms with Gasteiger partial charge in [-0.3, -0.25) is 4.90 Å². The van der Waals surface area contributed by atoms with Gasteiger partial charge in [0.05, 0.1) is 13.7 Å². The summed E-state index contributed by atoms with van der Waals surface area (Å²) in [6.07, 6.45) is 5.92. The van der Waals surface area contributed by atoms with Crippen LogP contribution in [0.3, 0.4) is 0 Å². The van der Waals surface area contributed by atoms with Gasteiger partial charge in [-0.1, -0.05) is 18.2 Å². The van der Waals surface area contributed by atoms with Crippen LogP contribution in [0, 0.1) is 12.7 Å². The number of carbonyl (C=O) groups excluding carboxylic acids is 1. The Morgan fingerprint density at radius 2 is 2.12 bits per heavy atom. The van der Waals surface area contributed by atoms with Gasteiger partial charge >= 0.3 is 5.97 Å². The predicted octanol–water partition coefficient (Wildman–Crippen LogP) is 4.33. The Labute approximate surface area is 187 Å². The molecule has 4 rings (SSSR count). The molecule has 0 saturated carbocycles. The Bertz CT molecular complexity index is 1150. The number of H-pyrrole nitrogens is 1. The van der Waals surface area contributed by atoms with Crippen molar-refractivity contribution in [1.29, 1.82) is 0 Å². The van der Waals surface area contributed by atoms with Crippen molar-refractivity contribution < 1.29 is 19.0 Å². The summed E-state index contributed by atoms with van der Waals surface area (Å²) in [6.45, 7) is 3.48. The SMILES string of the molecule is COC(=O)C=Cc1ccc2c(c1)CCC2N(CCO)CCc1c(C)[nH]c2ccc(F)cc12. The quantitative estimate of drug-likeness (QED) is 0.408. The molecule has 5 nitrogen and oxygen atoms in total. The molecular weight excluding hydrogens is 407 g/mol. The summed E-state index contributed by atoms with van der Waals surface area (Å²) in [5.74, 6) is -0.600. The summed E-state index contributed by atoms with van der Waals surface area (Å²) < 4.78 is 18.5. The number of aliphatic hydroxyl groups is 1. The van der Waals surface area contributed by atoms with Gasteiger partial charge in [-0.2, -0.15) is 0 Å². The van der Waals surface area contributed by atoms with Crippen LogP contribution in [0.2, 0.25) is 0 Å². The first-order valence-electron chi connectivity index (χ1n) is 11.0. The summed E-state index contributed by atoms with van der Waals surface area (Å²) in [5.41, 5.74) is 6.66. The van der Waals surface area contributed by atoms with Gasteiger partial charge in [-0.25, -0.2) is 9.18 Å². The largest absolute Gasteiger partial charge is 0.466 e. The number of hydrogen-bond donors (Lipinski definition) is 2. The summed E-state index contributed by atoms with van der Waals surface area (Å²) in [5, 5.41) is 10.6. The third kappa shape index (κ3) is 4.61. The zero-order valence-corrected chi connectivity index (χ0v) is 18.5. The fourth-order valence-corrected chi connectivity index (χ4v) is 4.81. The number of ether oxygens (including phenoxy) is 1. The molecule has 2 N–H and O–H groups in total. The topological polar surface area (TPSA) is 65.6 Å². The molecule has 1 aromatic heterocycles. The molecule has 0 amide bonds. The van der Waals surface area contributed by atoms with E-state index >= 15 is 0 Å². The van der Waals surface area contributed by atoms with Gasteiger partial charge in [0, 0.05) is 41.8 Å². The van der Waals surface area contributed by atoms with Gasteiger partial charge in [0.1, 0.15) is 5.82 Å². The van der Waals surface area contributed by atoms with Crippen molar-refractivity contribution in [2.45, 2.75) is 32.2 Å². The van der Waals surface area contributed by atoms with Crippen LogP contribution in [0.1, 0.15) is 40.4 Å². The van der Waals surface area contributed by atoms with Crippen molar-refractivity contribution >= 4 is 22.9 Å². The molecule has 0 saturated heterocycles. The average molecular weight is 437 g/mol. The Morgan fingerprint density at radius 3 is 2.91 bits per heavy atom. The van der Waals surface area contributed by atoms with Crippen molar-refractivity contribution in [3.8, 4) is 0 Å². The Balaban J connectivity index is 1.52. The molecule has 0 radical (unpaired) electrons. The van der Waals surface area contributed by atoms with Crippen molar-refractivity contribution in [3.05, 3.63) is 76.2 Å². The van der Waals surface area contributed by atoms with Crippen molar-refractivity contribution in [3.63, 3.8) is 0 Å². The molecule has 6 heteroatoms. The van der Waals surface area contributed by atoms with Gasteiger partial charge in [0.2, 0.25) is 0 Å². The maximum atomic E-state index is 13.8. The minimum atomic E-state index is -0.370. The predicted molar refractivity (Wildman–Crippen MR) is 124 cm³/mol. The van der Waals surface area contributed by atoms with Crippen molar-refractivity contribution in [2.24, 2.45) is 0 Å². The first-order chi connectivity index (χ1) is 15.5. The number of aryl methyl sites for hydroxylation is 2. The zero-order chi connectivity index (χ0) is 22.7. The molecule has 0 bridgehead atoms. The minimum Gasteiger partial charge on any atom is -0.466 e. The fraction of sp³-hybridized carbons (Fsp3) is 0.346. The third-order valence-electron chi connectivity index (χ3n) is 6.38. The van der Waals surface area contributed by atoms with E-state index in [0.29, 0.717) is 6.54 Å². The number of aliphatic hydroxyl groups excluding tert-OH is 1. The number of aromatic amines is 1. The number of nitrogens with one attached hydrogen (secondary N) is 1. The second-order valence-corrected chi connectivity index (χ2v) is 8.30. The van der Waals surface area contributed by atoms with Gasteiger partial charge in [-0.15, -0.1) is 0 Å². The van der Waals surface area contributed by atoms with E-state index < -0.39 is 0 Å². The smallest absolute Gasteiger partial charge is 0.330 e. The number of nitrogens with zero attached hydrogens (tertiary/aromatic N) is 1. The van der Waals surface area contributed by atoms with Crippen molar-refractivity contribution in [2.75, 3.05) is 26.8 Å². The van der Waals surface area contributed by atoms with Gasteiger partial charge in [-0.05, 0) is 72.7 Å². The number of halogens is 1. The molecule has 1 unspecified atom stereocenters. The van der Waals surface area contributed by atoms with E-state index in [9.17, 15) is 14.3 Å². The number of benzene rings is 2. The van der Waals surface area contributed by atoms with E-state index in [2.05, 4.69) is 26.8 Å². The molecule has 1 heterocycles. The second-order valence-electron chi connectivity index (χ2n) is 8.30. The van der Waals surface area contributed by atoms with Crippen LogP contribution >= 0.6 is 0 Å². The number of methoxy groups -OCH3 is 1. The standard InChI is InChI=1S/C26H29FN2O3/c1-17-21(23-16-20(27)6-8-24(23)28-17)11-12-29(13-14-30)25-9-5-19-15-18(3-7-22(19)25)4-10-26(31)32-2/h3-4,6-8,10,15-16,25,28,30H,5,9,11-14H2,1-2H3. The highest BCUT2D eigenvalue weighted by Gasteiger charge is 2.28. The Morgan fingerprint density at radius 1 is 1.28 bits per heavy atom. The average Bonchev–Trinajstić information content (AvgIpc) is 3.34. The lowest BCUT2D eigenvalue weighted by molar-refractivity contribution is -0.134. The Kier molecular flexibility index (Phi) is 6.72. The highest BCUT2D eigenvalue weighted by Crippen LogP contribution is 2.37. The van der Waals surface area contributed by atoms with Crippen LogP contribution in [0.25, 0.3) is 17.0 Å². The Hall–Kier alpha value is -2.96. The van der Waals surface area contributed by atoms with Crippen LogP contribution in [0.5, 0.6) is 0 Å². The number of fused-ring (bicyclic) bond motifs is 2. The molecular formula is C26H29FN2O3. The summed E-state index contributed by atoms with van der Waals surface area (Å²) in [7, 11) is 1.37. The number of hydrogen-bond acceptors (Lipinski definition) is 4. The molecule has 0 fully saturated rings. The molecule has 1 aliphatic carbocycles. The molecule has 0 aliphatic heterocycles. The molecule has 2 aromatic carbocycles. The zero-order valence-electron chi connectivity index (χ0n) is 18.5. The monoisotopic (exact) mass is 436 g/mol.